The van der Waals surface area contributed by atoms with Crippen molar-refractivity contribution in [3.63, 3.8) is 0 Å². The zero-order chi connectivity index (χ0) is 27.2. The second kappa shape index (κ2) is 8.66. The summed E-state index contributed by atoms with van der Waals surface area (Å²) < 4.78 is 22.1. The van der Waals surface area contributed by atoms with Crippen molar-refractivity contribution in [1.82, 2.24) is 19.0 Å². The van der Waals surface area contributed by atoms with Crippen molar-refractivity contribution in [2.45, 2.75) is 44.3 Å². The number of para-hydroxylation sites is 1. The average molecular weight is 550 g/mol. The summed E-state index contributed by atoms with van der Waals surface area (Å²) in [7, 11) is -1.02. The number of imidazole rings is 1. The van der Waals surface area contributed by atoms with Gasteiger partial charge in [-0.25, -0.2) is 4.98 Å². The zero-order valence-corrected chi connectivity index (χ0v) is 22.8. The minimum Gasteiger partial charge on any atom is -0.494 e. The number of fused-ring (bicyclic) bond motifs is 4. The molecule has 2 saturated carbocycles. The molecule has 11 heteroatoms. The number of rotatable bonds is 6. The molecule has 2 aromatic heterocycles. The Morgan fingerprint density at radius 1 is 1.15 bits per heavy atom. The number of likely N-dealkylation sites (tertiary alicyclic amines) is 1. The van der Waals surface area contributed by atoms with Gasteiger partial charge in [-0.2, -0.15) is 0 Å². The molecule has 1 amide bonds. The molecule has 4 N–H and O–H groups in total. The third kappa shape index (κ3) is 3.84. The molecule has 204 valence electrons. The maximum absolute atomic E-state index is 13.6. The smallest absolute Gasteiger partial charge is 0.358 e. The third-order valence-electron chi connectivity index (χ3n) is 8.89. The van der Waals surface area contributed by atoms with Crippen molar-refractivity contribution in [3.8, 4) is 17.3 Å². The lowest BCUT2D eigenvalue weighted by molar-refractivity contribution is 0.0700. The summed E-state index contributed by atoms with van der Waals surface area (Å²) in [6, 6.07) is 10.7. The van der Waals surface area contributed by atoms with Gasteiger partial charge in [0.15, 0.2) is 5.82 Å². The zero-order valence-electron chi connectivity index (χ0n) is 21.9. The fourth-order valence-corrected chi connectivity index (χ4v) is 7.55. The van der Waals surface area contributed by atoms with Crippen LogP contribution in [-0.2, 0) is 18.2 Å². The van der Waals surface area contributed by atoms with Crippen LogP contribution in [0.2, 0.25) is 0 Å². The molecule has 1 saturated heterocycles. The number of ether oxygens (including phenoxy) is 1. The number of amides is 1. The topological polar surface area (TPSA) is 136 Å². The highest BCUT2D eigenvalue weighted by Crippen LogP contribution is 2.42. The number of piperidine rings is 1. The van der Waals surface area contributed by atoms with Crippen LogP contribution < -0.4 is 15.8 Å². The summed E-state index contributed by atoms with van der Waals surface area (Å²) in [5.41, 5.74) is 9.58. The number of aryl methyl sites for hydroxylation is 1. The lowest BCUT2D eigenvalue weighted by Crippen LogP contribution is -2.41. The van der Waals surface area contributed by atoms with Gasteiger partial charge in [-0.05, 0) is 61.8 Å². The molecule has 1 aliphatic heterocycles. The first-order chi connectivity index (χ1) is 18.7. The summed E-state index contributed by atoms with van der Waals surface area (Å²) in [4.78, 5) is 40.7. The highest BCUT2D eigenvalue weighted by atomic mass is 31.2. The standard InChI is InChI=1S/C28H32N5O5P/c1-31-26-19(10-18(12-22(26)38-2)28(34)33-14-17-8-9-20(33)24(17)29)30-27(31)21-11-16-4-3-5-23(39(35,36)37)25(16)32(21)13-15-6-7-15/h3-5,10-12,15,17,20,24H,6-9,13-14,29H2,1-2H3,(H2,35,36,37)/t17-,20-,24-/m1/s1. The monoisotopic (exact) mass is 549 g/mol. The Labute approximate surface area is 225 Å². The molecule has 3 aliphatic rings. The van der Waals surface area contributed by atoms with E-state index in [1.54, 1.807) is 19.2 Å². The predicted molar refractivity (Wildman–Crippen MR) is 148 cm³/mol. The highest BCUT2D eigenvalue weighted by Gasteiger charge is 2.47. The molecule has 0 radical (unpaired) electrons. The number of carbonyl (C=O) groups excluding carboxylic acids is 1. The van der Waals surface area contributed by atoms with Gasteiger partial charge in [-0.15, -0.1) is 0 Å². The Bertz CT molecular complexity index is 1700. The van der Waals surface area contributed by atoms with Gasteiger partial charge in [-0.1, -0.05) is 12.1 Å². The molecule has 2 aromatic carbocycles. The van der Waals surface area contributed by atoms with E-state index in [1.807, 2.05) is 39.3 Å². The van der Waals surface area contributed by atoms with Gasteiger partial charge in [0, 0.05) is 43.2 Å². The van der Waals surface area contributed by atoms with Crippen molar-refractivity contribution in [1.29, 1.82) is 0 Å². The van der Waals surface area contributed by atoms with E-state index in [0.717, 1.165) is 42.3 Å². The van der Waals surface area contributed by atoms with Gasteiger partial charge in [0.1, 0.15) is 11.3 Å². The number of nitrogens with two attached hydrogens (primary N) is 1. The normalized spacial score (nSPS) is 22.9. The largest absolute Gasteiger partial charge is 0.494 e. The van der Waals surface area contributed by atoms with Gasteiger partial charge in [0.05, 0.1) is 29.1 Å². The fourth-order valence-electron chi connectivity index (χ4n) is 6.74. The van der Waals surface area contributed by atoms with Crippen molar-refractivity contribution in [3.05, 3.63) is 42.0 Å². The molecule has 10 nitrogen and oxygen atoms in total. The van der Waals surface area contributed by atoms with Crippen molar-refractivity contribution in [2.24, 2.45) is 24.6 Å². The van der Waals surface area contributed by atoms with E-state index in [4.69, 9.17) is 15.5 Å². The Hall–Kier alpha value is -3.17. The SMILES string of the molecule is COc1cc(C(=O)N2C[C@H]3CC[C@@H]2[C@@H]3N)cc2nc(-c3cc4cccc(P(=O)(O)O)c4n3CC3CC3)n(C)c12. The van der Waals surface area contributed by atoms with Gasteiger partial charge in [-0.3, -0.25) is 9.36 Å². The van der Waals surface area contributed by atoms with Crippen molar-refractivity contribution >= 4 is 40.7 Å². The molecule has 2 aliphatic carbocycles. The van der Waals surface area contributed by atoms with E-state index < -0.39 is 7.60 Å². The van der Waals surface area contributed by atoms with Crippen LogP contribution in [0.1, 0.15) is 36.0 Å². The molecule has 0 unspecified atom stereocenters. The van der Waals surface area contributed by atoms with Gasteiger partial charge in [0.25, 0.3) is 5.91 Å². The van der Waals surface area contributed by atoms with E-state index in [-0.39, 0.29) is 23.3 Å². The quantitative estimate of drug-likeness (QED) is 0.315. The predicted octanol–water partition coefficient (Wildman–Crippen LogP) is 2.98. The molecule has 3 atom stereocenters. The third-order valence-corrected chi connectivity index (χ3v) is 9.88. The van der Waals surface area contributed by atoms with E-state index in [0.29, 0.717) is 53.1 Å². The van der Waals surface area contributed by atoms with Crippen LogP contribution >= 0.6 is 7.60 Å². The molecule has 39 heavy (non-hydrogen) atoms. The number of nitrogens with zero attached hydrogens (tertiary/aromatic N) is 4. The molecular weight excluding hydrogens is 517 g/mol. The number of hydrogen-bond donors (Lipinski definition) is 3. The van der Waals surface area contributed by atoms with E-state index in [9.17, 15) is 19.1 Å². The number of benzene rings is 2. The van der Waals surface area contributed by atoms with Crippen LogP contribution in [0.4, 0.5) is 0 Å². The fraction of sp³-hybridized carbons (Fsp3) is 0.429. The van der Waals surface area contributed by atoms with Crippen LogP contribution in [0.3, 0.4) is 0 Å². The Morgan fingerprint density at radius 3 is 2.59 bits per heavy atom. The van der Waals surface area contributed by atoms with Crippen molar-refractivity contribution in [2.75, 3.05) is 13.7 Å². The highest BCUT2D eigenvalue weighted by molar-refractivity contribution is 7.60. The molecular formula is C28H32N5O5P. The molecule has 2 bridgehead atoms. The van der Waals surface area contributed by atoms with Gasteiger partial charge in [0.2, 0.25) is 0 Å². The first kappa shape index (κ1) is 24.8. The first-order valence-corrected chi connectivity index (χ1v) is 15.1. The minimum atomic E-state index is -4.50. The summed E-state index contributed by atoms with van der Waals surface area (Å²) in [5.74, 6) is 1.95. The Balaban J connectivity index is 1.38. The summed E-state index contributed by atoms with van der Waals surface area (Å²) in [5, 5.41) is 0.774. The van der Waals surface area contributed by atoms with Gasteiger partial charge >= 0.3 is 7.60 Å². The van der Waals surface area contributed by atoms with Crippen LogP contribution in [-0.4, -0.2) is 60.5 Å². The first-order valence-electron chi connectivity index (χ1n) is 13.5. The minimum absolute atomic E-state index is 0.0225. The number of carbonyl (C=O) groups is 1. The second-order valence-electron chi connectivity index (χ2n) is 11.3. The summed E-state index contributed by atoms with van der Waals surface area (Å²) in [6.45, 7) is 1.33. The molecule has 3 heterocycles. The van der Waals surface area contributed by atoms with E-state index in [1.165, 1.54) is 6.07 Å². The lowest BCUT2D eigenvalue weighted by atomic mass is 10.1. The second-order valence-corrected chi connectivity index (χ2v) is 12.9. The number of methoxy groups -OCH3 is 1. The summed E-state index contributed by atoms with van der Waals surface area (Å²) in [6.07, 6.45) is 4.18. The van der Waals surface area contributed by atoms with E-state index in [2.05, 4.69) is 0 Å². The van der Waals surface area contributed by atoms with E-state index >= 15 is 0 Å². The molecule has 3 fully saturated rings. The summed E-state index contributed by atoms with van der Waals surface area (Å²) >= 11 is 0. The maximum atomic E-state index is 13.6. The van der Waals surface area contributed by atoms with Crippen LogP contribution in [0.25, 0.3) is 33.5 Å². The van der Waals surface area contributed by atoms with Crippen molar-refractivity contribution < 1.29 is 23.9 Å². The number of aromatic nitrogens is 3. The molecule has 0 spiro atoms. The lowest BCUT2D eigenvalue weighted by Gasteiger charge is -2.27. The van der Waals surface area contributed by atoms with Gasteiger partial charge < -0.3 is 34.3 Å². The van der Waals surface area contributed by atoms with Crippen LogP contribution in [0, 0.1) is 11.8 Å². The van der Waals surface area contributed by atoms with Crippen LogP contribution in [0.5, 0.6) is 5.75 Å². The Kier molecular flexibility index (Phi) is 5.52. The number of hydrogen-bond acceptors (Lipinski definition) is 5. The van der Waals surface area contributed by atoms with Crippen LogP contribution in [0.15, 0.2) is 36.4 Å². The average Bonchev–Trinajstić information content (AvgIpc) is 3.30. The Morgan fingerprint density at radius 2 is 1.95 bits per heavy atom. The molecule has 7 rings (SSSR count). The molecule has 4 aromatic rings. The maximum Gasteiger partial charge on any atom is 0.358 e.